The molecule has 2 nitrogen and oxygen atoms in total. The molecule has 0 atom stereocenters. The smallest absolute Gasteiger partial charge is 0.131 e. The largest absolute Gasteiger partial charge is 0.383 e. The van der Waals surface area contributed by atoms with Crippen LogP contribution in [0.5, 0.6) is 0 Å². The number of benzene rings is 8. The molecule has 0 aromatic heterocycles. The zero-order valence-corrected chi connectivity index (χ0v) is 28.9. The van der Waals surface area contributed by atoms with Crippen molar-refractivity contribution in [3.8, 4) is 22.3 Å². The molecule has 8 aromatic rings. The van der Waals surface area contributed by atoms with Crippen molar-refractivity contribution in [1.82, 2.24) is 0 Å². The second kappa shape index (κ2) is 12.3. The fourth-order valence-electron chi connectivity index (χ4n) is 8.15. The Morgan fingerprint density at radius 1 is 0.529 bits per heavy atom. The van der Waals surface area contributed by atoms with Crippen LogP contribution in [0.2, 0.25) is 0 Å². The number of amidine groups is 1. The van der Waals surface area contributed by atoms with Gasteiger partial charge in [-0.1, -0.05) is 178 Å². The number of aliphatic imine (C=N–C) groups is 1. The van der Waals surface area contributed by atoms with Crippen molar-refractivity contribution in [3.63, 3.8) is 0 Å². The summed E-state index contributed by atoms with van der Waals surface area (Å²) in [6.07, 6.45) is 2.92. The van der Waals surface area contributed by atoms with Crippen molar-refractivity contribution in [3.05, 3.63) is 198 Å². The van der Waals surface area contributed by atoms with Crippen LogP contribution < -0.4 is 5.73 Å². The van der Waals surface area contributed by atoms with E-state index in [1.54, 1.807) is 0 Å². The van der Waals surface area contributed by atoms with Crippen LogP contribution >= 0.6 is 0 Å². The summed E-state index contributed by atoms with van der Waals surface area (Å²) in [5, 5.41) is 7.65. The monoisotopic (exact) mass is 654 g/mol. The predicted molar refractivity (Wildman–Crippen MR) is 217 cm³/mol. The van der Waals surface area contributed by atoms with Gasteiger partial charge in [-0.25, -0.2) is 4.99 Å². The lowest BCUT2D eigenvalue weighted by molar-refractivity contribution is 0.660. The minimum atomic E-state index is -0.0574. The van der Waals surface area contributed by atoms with E-state index in [0.717, 1.165) is 23.2 Å². The highest BCUT2D eigenvalue weighted by atomic mass is 14.9. The number of nitrogens with two attached hydrogens (primary N) is 1. The normalized spacial score (nSPS) is 13.8. The maximum absolute atomic E-state index is 6.53. The van der Waals surface area contributed by atoms with Crippen LogP contribution in [0, 0.1) is 0 Å². The van der Waals surface area contributed by atoms with E-state index in [2.05, 4.69) is 135 Å². The fraction of sp³-hybridized carbons (Fsp3) is 0.0816. The Bertz CT molecular complexity index is 2680. The Hall–Kier alpha value is -6.25. The van der Waals surface area contributed by atoms with E-state index in [4.69, 9.17) is 10.7 Å². The molecule has 2 heteroatoms. The molecule has 1 aliphatic rings. The summed E-state index contributed by atoms with van der Waals surface area (Å²) >= 11 is 0. The fourth-order valence-corrected chi connectivity index (χ4v) is 8.15. The van der Waals surface area contributed by atoms with E-state index in [-0.39, 0.29) is 5.41 Å². The lowest BCUT2D eigenvalue weighted by atomic mass is 9.81. The van der Waals surface area contributed by atoms with E-state index in [1.807, 2.05) is 48.5 Å². The number of hydrogen-bond acceptors (Lipinski definition) is 1. The zero-order valence-electron chi connectivity index (χ0n) is 28.9. The van der Waals surface area contributed by atoms with Crippen molar-refractivity contribution >= 4 is 43.9 Å². The lowest BCUT2D eigenvalue weighted by Gasteiger charge is -2.22. The van der Waals surface area contributed by atoms with Crippen molar-refractivity contribution in [2.45, 2.75) is 25.7 Å². The molecule has 244 valence electrons. The molecule has 0 bridgehead atoms. The SMILES string of the molecule is CC1(C)c2ccccc2-c2ccc(-c3cccc4c5ccccc5c5cc(C/C=C(\N=C(N)c6ccccc6)c6ccccc6)ccc5c34)cc21. The molecule has 0 aliphatic heterocycles. The van der Waals surface area contributed by atoms with Gasteiger partial charge in [0.15, 0.2) is 0 Å². The molecule has 0 unspecified atom stereocenters. The highest BCUT2D eigenvalue weighted by molar-refractivity contribution is 6.28. The van der Waals surface area contributed by atoms with Gasteiger partial charge >= 0.3 is 0 Å². The topological polar surface area (TPSA) is 38.4 Å². The average Bonchev–Trinajstić information content (AvgIpc) is 3.42. The molecule has 51 heavy (non-hydrogen) atoms. The molecule has 0 saturated carbocycles. The molecule has 0 saturated heterocycles. The van der Waals surface area contributed by atoms with Gasteiger partial charge in [0.1, 0.15) is 5.84 Å². The number of rotatable bonds is 6. The van der Waals surface area contributed by atoms with Crippen molar-refractivity contribution in [1.29, 1.82) is 0 Å². The van der Waals surface area contributed by atoms with Crippen LogP contribution in [0.4, 0.5) is 0 Å². The summed E-state index contributed by atoms with van der Waals surface area (Å²) < 4.78 is 0. The van der Waals surface area contributed by atoms with E-state index >= 15 is 0 Å². The molecule has 0 heterocycles. The highest BCUT2D eigenvalue weighted by Crippen LogP contribution is 2.50. The summed E-state index contributed by atoms with van der Waals surface area (Å²) in [5.74, 6) is 0.507. The van der Waals surface area contributed by atoms with Crippen molar-refractivity contribution in [2.24, 2.45) is 10.7 Å². The van der Waals surface area contributed by atoms with Gasteiger partial charge in [0.25, 0.3) is 0 Å². The van der Waals surface area contributed by atoms with Gasteiger partial charge in [-0.05, 0) is 89.3 Å². The third kappa shape index (κ3) is 5.23. The van der Waals surface area contributed by atoms with Gasteiger partial charge in [0, 0.05) is 11.0 Å². The molecule has 0 fully saturated rings. The van der Waals surface area contributed by atoms with Crippen molar-refractivity contribution < 1.29 is 0 Å². The summed E-state index contributed by atoms with van der Waals surface area (Å²) in [6, 6.07) is 58.8. The average molecular weight is 655 g/mol. The first-order valence-corrected chi connectivity index (χ1v) is 17.7. The van der Waals surface area contributed by atoms with Crippen LogP contribution in [0.3, 0.4) is 0 Å². The number of hydrogen-bond donors (Lipinski definition) is 1. The number of nitrogens with zero attached hydrogens (tertiary/aromatic N) is 1. The summed E-state index contributed by atoms with van der Waals surface area (Å²) in [6.45, 7) is 4.71. The van der Waals surface area contributed by atoms with Crippen LogP contribution in [0.25, 0.3) is 60.3 Å². The molecular weight excluding hydrogens is 617 g/mol. The Morgan fingerprint density at radius 3 is 1.92 bits per heavy atom. The predicted octanol–water partition coefficient (Wildman–Crippen LogP) is 12.1. The first-order chi connectivity index (χ1) is 25.0. The van der Waals surface area contributed by atoms with Gasteiger partial charge in [-0.2, -0.15) is 0 Å². The third-order valence-electron chi connectivity index (χ3n) is 10.7. The number of allylic oxidation sites excluding steroid dienone is 1. The van der Waals surface area contributed by atoms with Gasteiger partial charge in [0.05, 0.1) is 5.70 Å². The Balaban J connectivity index is 1.19. The van der Waals surface area contributed by atoms with Gasteiger partial charge in [0.2, 0.25) is 0 Å². The molecule has 0 amide bonds. The van der Waals surface area contributed by atoms with Crippen LogP contribution in [0.1, 0.15) is 41.7 Å². The summed E-state index contributed by atoms with van der Waals surface area (Å²) in [4.78, 5) is 4.93. The van der Waals surface area contributed by atoms with Gasteiger partial charge in [-0.15, -0.1) is 0 Å². The first kappa shape index (κ1) is 30.8. The van der Waals surface area contributed by atoms with E-state index in [9.17, 15) is 0 Å². The molecule has 0 spiro atoms. The molecule has 0 radical (unpaired) electrons. The molecule has 8 aromatic carbocycles. The third-order valence-corrected chi connectivity index (χ3v) is 10.7. The Morgan fingerprint density at radius 2 is 1.14 bits per heavy atom. The number of fused-ring (bicyclic) bond motifs is 9. The highest BCUT2D eigenvalue weighted by Gasteiger charge is 2.35. The summed E-state index contributed by atoms with van der Waals surface area (Å²) in [5.41, 5.74) is 18.5. The molecule has 1 aliphatic carbocycles. The van der Waals surface area contributed by atoms with E-state index in [1.165, 1.54) is 71.3 Å². The van der Waals surface area contributed by atoms with Crippen LogP contribution in [-0.4, -0.2) is 5.84 Å². The van der Waals surface area contributed by atoms with E-state index < -0.39 is 0 Å². The second-order valence-corrected chi connectivity index (χ2v) is 14.1. The van der Waals surface area contributed by atoms with Crippen molar-refractivity contribution in [2.75, 3.05) is 0 Å². The maximum atomic E-state index is 6.53. The standard InChI is InChI=1S/C49H38N2/c1-49(2)44-23-12-11-20-39(44)40-28-26-35(31-45(40)49)36-21-13-22-41-37-18-9-10-19-38(37)43-30-32(24-27-42(43)47(36)41)25-29-46(33-14-5-3-6-15-33)51-48(50)34-16-7-4-8-17-34/h3-24,26-31H,25H2,1-2H3,(H2,50,51)/b46-29-. The Kier molecular flexibility index (Phi) is 7.40. The Labute approximate surface area is 299 Å². The van der Waals surface area contributed by atoms with Gasteiger partial charge in [-0.3, -0.25) is 0 Å². The molecule has 2 N–H and O–H groups in total. The first-order valence-electron chi connectivity index (χ1n) is 17.7. The minimum absolute atomic E-state index is 0.0574. The van der Waals surface area contributed by atoms with Crippen LogP contribution in [0.15, 0.2) is 175 Å². The second-order valence-electron chi connectivity index (χ2n) is 14.1. The lowest BCUT2D eigenvalue weighted by Crippen LogP contribution is -2.14. The molecular formula is C49H38N2. The maximum Gasteiger partial charge on any atom is 0.131 e. The molecule has 9 rings (SSSR count). The van der Waals surface area contributed by atoms with Gasteiger partial charge < -0.3 is 5.73 Å². The summed E-state index contributed by atoms with van der Waals surface area (Å²) in [7, 11) is 0. The zero-order chi connectivity index (χ0) is 34.5. The minimum Gasteiger partial charge on any atom is -0.383 e. The quantitative estimate of drug-likeness (QED) is 0.108. The van der Waals surface area contributed by atoms with Crippen LogP contribution in [-0.2, 0) is 11.8 Å². The van der Waals surface area contributed by atoms with E-state index in [0.29, 0.717) is 5.84 Å².